The lowest BCUT2D eigenvalue weighted by molar-refractivity contribution is 0.0721. The van der Waals surface area contributed by atoms with Crippen LogP contribution in [0.5, 0.6) is 0 Å². The summed E-state index contributed by atoms with van der Waals surface area (Å²) in [5.74, 6) is 0. The molecule has 0 radical (unpaired) electrons. The highest BCUT2D eigenvalue weighted by Crippen LogP contribution is 2.10. The van der Waals surface area contributed by atoms with Crippen molar-refractivity contribution in [2.24, 2.45) is 0 Å². The van der Waals surface area contributed by atoms with Crippen molar-refractivity contribution in [2.75, 3.05) is 39.6 Å². The molecule has 0 aliphatic carbocycles. The second kappa shape index (κ2) is 10.7. The van der Waals surface area contributed by atoms with Crippen molar-refractivity contribution in [1.29, 1.82) is 0 Å². The maximum Gasteiger partial charge on any atom is 0.391 e. The van der Waals surface area contributed by atoms with Gasteiger partial charge in [0.05, 0.1) is 26.4 Å². The van der Waals surface area contributed by atoms with Gasteiger partial charge >= 0.3 is 8.56 Å². The Morgan fingerprint density at radius 1 is 0.824 bits per heavy atom. The van der Waals surface area contributed by atoms with Crippen LogP contribution < -0.4 is 0 Å². The molecule has 0 aliphatic heterocycles. The van der Waals surface area contributed by atoms with Gasteiger partial charge in [0.25, 0.3) is 0 Å². The zero-order chi connectivity index (χ0) is 13.0. The van der Waals surface area contributed by atoms with Crippen molar-refractivity contribution >= 4 is 8.56 Å². The SMILES string of the molecule is C=C[Si](C=C)(OCCOCC)OCCOCC. The van der Waals surface area contributed by atoms with Crippen molar-refractivity contribution < 1.29 is 18.3 Å². The minimum atomic E-state index is -2.48. The van der Waals surface area contributed by atoms with Gasteiger partial charge in [-0.05, 0) is 25.2 Å². The van der Waals surface area contributed by atoms with Gasteiger partial charge in [0.1, 0.15) is 0 Å². The van der Waals surface area contributed by atoms with Crippen LogP contribution in [-0.2, 0) is 18.3 Å². The Balaban J connectivity index is 3.97. The molecule has 0 aromatic carbocycles. The Morgan fingerprint density at radius 3 is 1.53 bits per heavy atom. The van der Waals surface area contributed by atoms with Crippen LogP contribution in [0.3, 0.4) is 0 Å². The molecular weight excluding hydrogens is 236 g/mol. The molecule has 0 amide bonds. The van der Waals surface area contributed by atoms with Gasteiger partial charge in [-0.2, -0.15) is 0 Å². The van der Waals surface area contributed by atoms with Crippen LogP contribution in [0.2, 0.25) is 0 Å². The van der Waals surface area contributed by atoms with E-state index in [2.05, 4.69) is 13.2 Å². The molecule has 0 unspecified atom stereocenters. The van der Waals surface area contributed by atoms with E-state index in [1.54, 1.807) is 11.4 Å². The first kappa shape index (κ1) is 16.5. The van der Waals surface area contributed by atoms with Crippen LogP contribution in [0.4, 0.5) is 0 Å². The number of rotatable bonds is 12. The molecule has 0 spiro atoms. The van der Waals surface area contributed by atoms with Crippen LogP contribution in [0, 0.1) is 0 Å². The van der Waals surface area contributed by atoms with E-state index in [1.807, 2.05) is 13.8 Å². The number of hydrogen-bond donors (Lipinski definition) is 0. The summed E-state index contributed by atoms with van der Waals surface area (Å²) >= 11 is 0. The minimum Gasteiger partial charge on any atom is -0.386 e. The first-order valence-corrected chi connectivity index (χ1v) is 7.92. The third-order valence-corrected chi connectivity index (χ3v) is 4.54. The fraction of sp³-hybridized carbons (Fsp3) is 0.667. The van der Waals surface area contributed by atoms with Crippen LogP contribution in [0.1, 0.15) is 13.8 Å². The van der Waals surface area contributed by atoms with Gasteiger partial charge in [-0.25, -0.2) is 0 Å². The molecule has 0 saturated carbocycles. The highest BCUT2D eigenvalue weighted by atomic mass is 28.4. The van der Waals surface area contributed by atoms with E-state index in [1.165, 1.54) is 0 Å². The number of hydrogen-bond acceptors (Lipinski definition) is 4. The van der Waals surface area contributed by atoms with Crippen LogP contribution in [0.25, 0.3) is 0 Å². The number of ether oxygens (including phenoxy) is 2. The molecule has 5 heteroatoms. The third kappa shape index (κ3) is 7.46. The summed E-state index contributed by atoms with van der Waals surface area (Å²) in [6, 6.07) is 0. The molecule has 0 aromatic rings. The molecule has 0 bridgehead atoms. The summed E-state index contributed by atoms with van der Waals surface area (Å²) in [6.07, 6.45) is 0. The van der Waals surface area contributed by atoms with E-state index in [0.717, 1.165) is 0 Å². The predicted octanol–water partition coefficient (Wildman–Crippen LogP) is 1.99. The molecular formula is C12H24O4Si. The molecule has 0 aliphatic rings. The first-order chi connectivity index (χ1) is 8.24. The lowest BCUT2D eigenvalue weighted by Crippen LogP contribution is -2.40. The van der Waals surface area contributed by atoms with Crippen LogP contribution >= 0.6 is 0 Å². The lowest BCUT2D eigenvalue weighted by Gasteiger charge is -2.24. The van der Waals surface area contributed by atoms with Crippen molar-refractivity contribution in [3.8, 4) is 0 Å². The summed E-state index contributed by atoms with van der Waals surface area (Å²) in [5.41, 5.74) is 3.44. The van der Waals surface area contributed by atoms with Crippen molar-refractivity contribution in [1.82, 2.24) is 0 Å². The Morgan fingerprint density at radius 2 is 1.24 bits per heavy atom. The fourth-order valence-electron chi connectivity index (χ4n) is 1.17. The monoisotopic (exact) mass is 260 g/mol. The summed E-state index contributed by atoms with van der Waals surface area (Å²) in [5, 5.41) is 0. The Labute approximate surface area is 105 Å². The Bertz CT molecular complexity index is 187. The minimum absolute atomic E-state index is 0.493. The van der Waals surface area contributed by atoms with Crippen LogP contribution in [-0.4, -0.2) is 48.2 Å². The van der Waals surface area contributed by atoms with E-state index in [9.17, 15) is 0 Å². The highest BCUT2D eigenvalue weighted by Gasteiger charge is 2.30. The molecule has 0 atom stereocenters. The molecule has 4 nitrogen and oxygen atoms in total. The van der Waals surface area contributed by atoms with E-state index < -0.39 is 8.56 Å². The van der Waals surface area contributed by atoms with Gasteiger partial charge in [0.15, 0.2) is 0 Å². The van der Waals surface area contributed by atoms with Gasteiger partial charge < -0.3 is 18.3 Å². The molecule has 0 N–H and O–H groups in total. The highest BCUT2D eigenvalue weighted by molar-refractivity contribution is 6.77. The normalized spacial score (nSPS) is 11.4. The zero-order valence-electron chi connectivity index (χ0n) is 10.9. The standard InChI is InChI=1S/C12H24O4Si/c1-5-13-9-11-15-17(7-3,8-4)16-12-10-14-6-2/h7-8H,3-6,9-12H2,1-2H3. The van der Waals surface area contributed by atoms with Gasteiger partial charge in [-0.1, -0.05) is 0 Å². The van der Waals surface area contributed by atoms with Gasteiger partial charge in [-0.15, -0.1) is 13.2 Å². The Kier molecular flexibility index (Phi) is 10.4. The average molecular weight is 260 g/mol. The average Bonchev–Trinajstić information content (AvgIpc) is 2.37. The summed E-state index contributed by atoms with van der Waals surface area (Å²) in [7, 11) is -2.48. The molecule has 0 fully saturated rings. The van der Waals surface area contributed by atoms with E-state index in [0.29, 0.717) is 39.6 Å². The lowest BCUT2D eigenvalue weighted by atomic mass is 10.8. The van der Waals surface area contributed by atoms with E-state index in [4.69, 9.17) is 18.3 Å². The summed E-state index contributed by atoms with van der Waals surface area (Å²) < 4.78 is 21.8. The Hall–Kier alpha value is -0.463. The quantitative estimate of drug-likeness (QED) is 0.397. The van der Waals surface area contributed by atoms with E-state index in [-0.39, 0.29) is 0 Å². The first-order valence-electron chi connectivity index (χ1n) is 5.95. The molecule has 0 aromatic heterocycles. The van der Waals surface area contributed by atoms with Crippen molar-refractivity contribution in [2.45, 2.75) is 13.8 Å². The fourth-order valence-corrected chi connectivity index (χ4v) is 2.70. The second-order valence-electron chi connectivity index (χ2n) is 3.22. The van der Waals surface area contributed by atoms with Crippen molar-refractivity contribution in [3.63, 3.8) is 0 Å². The molecule has 100 valence electrons. The maximum absolute atomic E-state index is 5.71. The van der Waals surface area contributed by atoms with Gasteiger partial charge in [0, 0.05) is 13.2 Å². The maximum atomic E-state index is 5.71. The summed E-state index contributed by atoms with van der Waals surface area (Å²) in [4.78, 5) is 0. The smallest absolute Gasteiger partial charge is 0.386 e. The molecule has 0 rings (SSSR count). The van der Waals surface area contributed by atoms with Gasteiger partial charge in [-0.3, -0.25) is 0 Å². The van der Waals surface area contributed by atoms with Crippen LogP contribution in [0.15, 0.2) is 24.6 Å². The molecule has 0 heterocycles. The van der Waals surface area contributed by atoms with E-state index >= 15 is 0 Å². The largest absolute Gasteiger partial charge is 0.391 e. The zero-order valence-corrected chi connectivity index (χ0v) is 11.9. The molecule has 17 heavy (non-hydrogen) atoms. The second-order valence-corrected chi connectivity index (χ2v) is 6.06. The van der Waals surface area contributed by atoms with Crippen molar-refractivity contribution in [3.05, 3.63) is 24.6 Å². The predicted molar refractivity (Wildman–Crippen MR) is 71.0 cm³/mol. The topological polar surface area (TPSA) is 36.9 Å². The summed E-state index contributed by atoms with van der Waals surface area (Å²) in [6.45, 7) is 14.9. The third-order valence-electron chi connectivity index (χ3n) is 2.09. The van der Waals surface area contributed by atoms with Gasteiger partial charge in [0.2, 0.25) is 0 Å². The molecule has 0 saturated heterocycles.